The van der Waals surface area contributed by atoms with Gasteiger partial charge in [-0.1, -0.05) is 53.2 Å². The maximum atomic E-state index is 12.6. The predicted octanol–water partition coefficient (Wildman–Crippen LogP) is 4.62. The number of halogens is 2. The highest BCUT2D eigenvalue weighted by Gasteiger charge is 2.35. The van der Waals surface area contributed by atoms with Gasteiger partial charge in [-0.2, -0.15) is 0 Å². The summed E-state index contributed by atoms with van der Waals surface area (Å²) in [6, 6.07) is 10.4. The van der Waals surface area contributed by atoms with E-state index in [1.807, 2.05) is 23.6 Å². The van der Waals surface area contributed by atoms with Gasteiger partial charge in [0.05, 0.1) is 5.25 Å². The Labute approximate surface area is 194 Å². The van der Waals surface area contributed by atoms with Gasteiger partial charge in [-0.3, -0.25) is 9.59 Å². The molecule has 3 atom stereocenters. The first-order valence-electron chi connectivity index (χ1n) is 9.72. The molecule has 30 heavy (non-hydrogen) atoms. The molecule has 1 fully saturated rings. The van der Waals surface area contributed by atoms with Crippen molar-refractivity contribution in [2.24, 2.45) is 5.92 Å². The van der Waals surface area contributed by atoms with Crippen molar-refractivity contribution in [3.05, 3.63) is 62.5 Å². The quantitative estimate of drug-likeness (QED) is 0.648. The van der Waals surface area contributed by atoms with Crippen LogP contribution in [0.4, 0.5) is 5.69 Å². The molecule has 2 aromatic rings. The maximum absolute atomic E-state index is 12.6. The van der Waals surface area contributed by atoms with E-state index in [1.165, 1.54) is 11.8 Å². The van der Waals surface area contributed by atoms with Crippen LogP contribution in [0.5, 0.6) is 0 Å². The first-order chi connectivity index (χ1) is 14.3. The van der Waals surface area contributed by atoms with Crippen molar-refractivity contribution >= 4 is 63.1 Å². The second kappa shape index (κ2) is 8.91. The third-order valence-corrected chi connectivity index (χ3v) is 7.53. The number of fused-ring (bicyclic) bond motifs is 4. The Morgan fingerprint density at radius 1 is 1.20 bits per heavy atom. The molecule has 1 N–H and O–H groups in total. The molecule has 1 aromatic heterocycles. The number of likely N-dealkylation sites (tertiary alicyclic amines) is 1. The van der Waals surface area contributed by atoms with Crippen molar-refractivity contribution in [2.45, 2.75) is 31.1 Å². The van der Waals surface area contributed by atoms with Gasteiger partial charge in [-0.15, -0.1) is 0 Å². The molecular weight excluding hydrogens is 461 g/mol. The van der Waals surface area contributed by atoms with Gasteiger partial charge in [0.1, 0.15) is 4.32 Å². The number of piperidine rings is 1. The molecule has 0 saturated carbocycles. The van der Waals surface area contributed by atoms with E-state index in [2.05, 4.69) is 10.2 Å². The number of rotatable bonds is 3. The van der Waals surface area contributed by atoms with Crippen LogP contribution in [0.3, 0.4) is 0 Å². The van der Waals surface area contributed by atoms with E-state index in [1.54, 1.807) is 24.3 Å². The second-order valence-corrected chi connectivity index (χ2v) is 10.6. The number of pyridine rings is 1. The minimum absolute atomic E-state index is 0.0685. The Kier molecular flexibility index (Phi) is 6.44. The smallest absolute Gasteiger partial charge is 0.250 e. The highest BCUT2D eigenvalue weighted by Crippen LogP contribution is 2.36. The first kappa shape index (κ1) is 21.7. The summed E-state index contributed by atoms with van der Waals surface area (Å²) in [6.45, 7) is 4.13. The summed E-state index contributed by atoms with van der Waals surface area (Å²) < 4.78 is 2.61. The zero-order valence-corrected chi connectivity index (χ0v) is 19.5. The molecule has 2 aliphatic rings. The first-order valence-corrected chi connectivity index (χ1v) is 11.8. The zero-order chi connectivity index (χ0) is 21.4. The summed E-state index contributed by atoms with van der Waals surface area (Å²) in [6.07, 6.45) is 1.07. The molecule has 0 radical (unpaired) electrons. The Balaban J connectivity index is 1.39. The summed E-state index contributed by atoms with van der Waals surface area (Å²) in [4.78, 5) is 27.0. The lowest BCUT2D eigenvalue weighted by atomic mass is 9.83. The van der Waals surface area contributed by atoms with E-state index in [0.717, 1.165) is 31.7 Å². The van der Waals surface area contributed by atoms with E-state index in [-0.39, 0.29) is 22.6 Å². The number of carbonyl (C=O) groups is 1. The molecule has 1 amide bonds. The van der Waals surface area contributed by atoms with E-state index in [4.69, 9.17) is 35.4 Å². The standard InChI is InChI=1S/C21H21Cl2N3O2S2/c1-12(20(28)24-17-7-15(22)6-16(23)8-17)30-21(29)25-9-13-5-14(11-25)18-3-2-4-19(27)26(18)10-13/h2-4,6-8,12-14H,5,9-11H2,1H3,(H,24,28)/t12-,13+,14+/m1/s1. The van der Waals surface area contributed by atoms with Crippen LogP contribution in [0.15, 0.2) is 41.2 Å². The molecule has 2 bridgehead atoms. The summed E-state index contributed by atoms with van der Waals surface area (Å²) in [5.41, 5.74) is 1.71. The van der Waals surface area contributed by atoms with Gasteiger partial charge in [-0.05, 0) is 43.5 Å². The van der Waals surface area contributed by atoms with Crippen LogP contribution in [0.1, 0.15) is 25.0 Å². The molecule has 9 heteroatoms. The number of nitrogens with one attached hydrogen (secondary N) is 1. The average Bonchev–Trinajstić information content (AvgIpc) is 2.67. The Morgan fingerprint density at radius 2 is 1.93 bits per heavy atom. The fraction of sp³-hybridized carbons (Fsp3) is 0.381. The Hall–Kier alpha value is -1.54. The van der Waals surface area contributed by atoms with Gasteiger partial charge >= 0.3 is 0 Å². The van der Waals surface area contributed by atoms with Gasteiger partial charge in [0, 0.05) is 53.0 Å². The number of thiocarbonyl (C=S) groups is 1. The largest absolute Gasteiger partial charge is 0.356 e. The van der Waals surface area contributed by atoms with Crippen molar-refractivity contribution in [1.29, 1.82) is 0 Å². The molecule has 0 unspecified atom stereocenters. The SMILES string of the molecule is C[C@@H](SC(=S)N1C[C@@H]2C[C@@H](C1)c1cccc(=O)n1C2)C(=O)Nc1cc(Cl)cc(Cl)c1. The normalized spacial score (nSPS) is 21.0. The number of aromatic nitrogens is 1. The number of carbonyl (C=O) groups excluding carboxylic acids is 1. The topological polar surface area (TPSA) is 54.3 Å². The number of anilines is 1. The van der Waals surface area contributed by atoms with Crippen molar-refractivity contribution in [3.63, 3.8) is 0 Å². The molecule has 0 aliphatic carbocycles. The lowest BCUT2D eigenvalue weighted by Crippen LogP contribution is -2.48. The molecule has 1 saturated heterocycles. The molecule has 1 aromatic carbocycles. The number of benzene rings is 1. The predicted molar refractivity (Wildman–Crippen MR) is 128 cm³/mol. The van der Waals surface area contributed by atoms with Crippen LogP contribution in [0.2, 0.25) is 10.0 Å². The Morgan fingerprint density at radius 3 is 2.67 bits per heavy atom. The molecule has 0 spiro atoms. The van der Waals surface area contributed by atoms with Crippen LogP contribution in [-0.4, -0.2) is 38.0 Å². The summed E-state index contributed by atoms with van der Waals surface area (Å²) in [5.74, 6) is 0.505. The van der Waals surface area contributed by atoms with Gasteiger partial charge in [0.2, 0.25) is 5.91 Å². The number of thioether (sulfide) groups is 1. The minimum Gasteiger partial charge on any atom is -0.356 e. The van der Waals surface area contributed by atoms with Gasteiger partial charge in [-0.25, -0.2) is 0 Å². The zero-order valence-electron chi connectivity index (χ0n) is 16.3. The summed E-state index contributed by atoms with van der Waals surface area (Å²) in [5, 5.41) is 3.41. The van der Waals surface area contributed by atoms with E-state index in [0.29, 0.717) is 26.0 Å². The third kappa shape index (κ3) is 4.69. The number of nitrogens with zero attached hydrogens (tertiary/aromatic N) is 2. The maximum Gasteiger partial charge on any atom is 0.250 e. The van der Waals surface area contributed by atoms with Crippen LogP contribution < -0.4 is 10.9 Å². The number of hydrogen-bond donors (Lipinski definition) is 1. The summed E-state index contributed by atoms with van der Waals surface area (Å²) in [7, 11) is 0. The van der Waals surface area contributed by atoms with Gasteiger partial charge in [0.15, 0.2) is 0 Å². The van der Waals surface area contributed by atoms with Crippen molar-refractivity contribution in [2.75, 3.05) is 18.4 Å². The second-order valence-electron chi connectivity index (χ2n) is 7.78. The fourth-order valence-electron chi connectivity index (χ4n) is 4.19. The average molecular weight is 482 g/mol. The van der Waals surface area contributed by atoms with Crippen LogP contribution in [0.25, 0.3) is 0 Å². The van der Waals surface area contributed by atoms with Crippen molar-refractivity contribution in [1.82, 2.24) is 9.47 Å². The number of amides is 1. The highest BCUT2D eigenvalue weighted by atomic mass is 35.5. The minimum atomic E-state index is -0.369. The van der Waals surface area contributed by atoms with Crippen molar-refractivity contribution in [3.8, 4) is 0 Å². The molecule has 158 valence electrons. The monoisotopic (exact) mass is 481 g/mol. The molecule has 2 aliphatic heterocycles. The molecule has 3 heterocycles. The fourth-order valence-corrected chi connectivity index (χ4v) is 6.07. The highest BCUT2D eigenvalue weighted by molar-refractivity contribution is 8.23. The van der Waals surface area contributed by atoms with E-state index >= 15 is 0 Å². The lowest BCUT2D eigenvalue weighted by molar-refractivity contribution is -0.115. The van der Waals surface area contributed by atoms with Crippen LogP contribution in [0, 0.1) is 5.92 Å². The molecule has 5 nitrogen and oxygen atoms in total. The van der Waals surface area contributed by atoms with Gasteiger partial charge in [0.25, 0.3) is 5.56 Å². The Bertz CT molecular complexity index is 1040. The summed E-state index contributed by atoms with van der Waals surface area (Å²) >= 11 is 19.1. The van der Waals surface area contributed by atoms with E-state index < -0.39 is 0 Å². The van der Waals surface area contributed by atoms with Crippen molar-refractivity contribution < 1.29 is 4.79 Å². The van der Waals surface area contributed by atoms with Crippen LogP contribution >= 0.6 is 47.2 Å². The van der Waals surface area contributed by atoms with Crippen LogP contribution in [-0.2, 0) is 11.3 Å². The van der Waals surface area contributed by atoms with Gasteiger partial charge < -0.3 is 14.8 Å². The third-order valence-electron chi connectivity index (χ3n) is 5.51. The molecular formula is C21H21Cl2N3O2S2. The lowest BCUT2D eigenvalue weighted by Gasteiger charge is -2.43. The molecule has 4 rings (SSSR count). The van der Waals surface area contributed by atoms with E-state index in [9.17, 15) is 9.59 Å². The number of hydrogen-bond acceptors (Lipinski definition) is 4.